The fourth-order valence-corrected chi connectivity index (χ4v) is 2.42. The van der Waals surface area contributed by atoms with Crippen LogP contribution in [0.15, 0.2) is 28.9 Å². The number of hydrogen-bond acceptors (Lipinski definition) is 5. The average Bonchev–Trinajstić information content (AvgIpc) is 3.16. The molecule has 132 valence electrons. The van der Waals surface area contributed by atoms with Gasteiger partial charge in [-0.3, -0.25) is 4.79 Å². The quantitative estimate of drug-likeness (QED) is 0.721. The van der Waals surface area contributed by atoms with Crippen molar-refractivity contribution in [2.45, 2.75) is 40.5 Å². The van der Waals surface area contributed by atoms with Crippen LogP contribution in [0.5, 0.6) is 0 Å². The molecule has 0 radical (unpaired) electrons. The van der Waals surface area contributed by atoms with Gasteiger partial charge in [-0.15, -0.1) is 10.2 Å². The predicted octanol–water partition coefficient (Wildman–Crippen LogP) is 2.79. The third-order valence-corrected chi connectivity index (χ3v) is 3.91. The van der Waals surface area contributed by atoms with Gasteiger partial charge < -0.3 is 9.73 Å². The standard InChI is InChI=1S/C18H23N5O2/c1-12-7-9-23-14(10-12)13(11-20-23)16-22-21-15(25-16)6-5-8-19-17(24)18(2,3)4/h7,9-11H,5-6,8H2,1-4H3,(H,19,24). The number of carbonyl (C=O) groups is 1. The summed E-state index contributed by atoms with van der Waals surface area (Å²) < 4.78 is 7.55. The minimum Gasteiger partial charge on any atom is -0.421 e. The molecule has 1 amide bonds. The molecule has 0 aliphatic rings. The molecule has 3 aromatic rings. The third kappa shape index (κ3) is 3.87. The molecule has 3 rings (SSSR count). The molecule has 1 N–H and O–H groups in total. The molecule has 0 spiro atoms. The molecule has 0 atom stereocenters. The lowest BCUT2D eigenvalue weighted by atomic mass is 9.96. The van der Waals surface area contributed by atoms with Crippen LogP contribution in [-0.2, 0) is 11.2 Å². The van der Waals surface area contributed by atoms with Gasteiger partial charge >= 0.3 is 0 Å². The molecule has 0 bridgehead atoms. The van der Waals surface area contributed by atoms with E-state index in [1.807, 2.05) is 46.0 Å². The molecule has 0 fully saturated rings. The lowest BCUT2D eigenvalue weighted by Gasteiger charge is -2.17. The third-order valence-electron chi connectivity index (χ3n) is 3.91. The number of amides is 1. The first-order chi connectivity index (χ1) is 11.8. The summed E-state index contributed by atoms with van der Waals surface area (Å²) in [6, 6.07) is 4.03. The van der Waals surface area contributed by atoms with Crippen molar-refractivity contribution in [2.75, 3.05) is 6.54 Å². The van der Waals surface area contributed by atoms with Crippen molar-refractivity contribution in [2.24, 2.45) is 5.41 Å². The van der Waals surface area contributed by atoms with Gasteiger partial charge in [0, 0.05) is 24.6 Å². The van der Waals surface area contributed by atoms with Crippen molar-refractivity contribution >= 4 is 11.4 Å². The number of aryl methyl sites for hydroxylation is 2. The maximum absolute atomic E-state index is 11.8. The first-order valence-electron chi connectivity index (χ1n) is 8.39. The van der Waals surface area contributed by atoms with Crippen LogP contribution in [-0.4, -0.2) is 32.3 Å². The summed E-state index contributed by atoms with van der Waals surface area (Å²) in [7, 11) is 0. The van der Waals surface area contributed by atoms with E-state index in [9.17, 15) is 4.79 Å². The van der Waals surface area contributed by atoms with Gasteiger partial charge in [0.1, 0.15) is 0 Å². The molecule has 0 aliphatic carbocycles. The molecule has 7 heteroatoms. The smallest absolute Gasteiger partial charge is 0.251 e. The average molecular weight is 341 g/mol. The highest BCUT2D eigenvalue weighted by atomic mass is 16.4. The lowest BCUT2D eigenvalue weighted by molar-refractivity contribution is -0.128. The van der Waals surface area contributed by atoms with Crippen LogP contribution in [0.1, 0.15) is 38.6 Å². The normalized spacial score (nSPS) is 11.8. The van der Waals surface area contributed by atoms with E-state index in [1.54, 1.807) is 10.7 Å². The lowest BCUT2D eigenvalue weighted by Crippen LogP contribution is -2.35. The molecule has 3 aromatic heterocycles. The molecule has 0 saturated carbocycles. The van der Waals surface area contributed by atoms with Gasteiger partial charge in [0.15, 0.2) is 0 Å². The zero-order valence-electron chi connectivity index (χ0n) is 15.0. The van der Waals surface area contributed by atoms with Crippen molar-refractivity contribution in [1.29, 1.82) is 0 Å². The van der Waals surface area contributed by atoms with Crippen LogP contribution in [0.3, 0.4) is 0 Å². The van der Waals surface area contributed by atoms with Gasteiger partial charge in [-0.2, -0.15) is 5.10 Å². The Kier molecular flexibility index (Phi) is 4.57. The van der Waals surface area contributed by atoms with Crippen LogP contribution in [0.25, 0.3) is 17.0 Å². The molecule has 7 nitrogen and oxygen atoms in total. The van der Waals surface area contributed by atoms with Gasteiger partial charge in [-0.25, -0.2) is 4.52 Å². The largest absolute Gasteiger partial charge is 0.421 e. The van der Waals surface area contributed by atoms with Gasteiger partial charge in [0.05, 0.1) is 17.3 Å². The maximum Gasteiger partial charge on any atom is 0.251 e. The number of nitrogens with one attached hydrogen (secondary N) is 1. The summed E-state index contributed by atoms with van der Waals surface area (Å²) in [5, 5.41) is 15.5. The molecular formula is C18H23N5O2. The number of rotatable bonds is 5. The molecule has 0 aromatic carbocycles. The molecule has 0 saturated heterocycles. The topological polar surface area (TPSA) is 85.3 Å². The molecule has 0 unspecified atom stereocenters. The Morgan fingerprint density at radius 1 is 1.32 bits per heavy atom. The summed E-state index contributed by atoms with van der Waals surface area (Å²) in [6.45, 7) is 8.30. The van der Waals surface area contributed by atoms with Crippen molar-refractivity contribution in [1.82, 2.24) is 25.1 Å². The Hall–Kier alpha value is -2.70. The van der Waals surface area contributed by atoms with Gasteiger partial charge in [0.2, 0.25) is 11.8 Å². The predicted molar refractivity (Wildman–Crippen MR) is 94.0 cm³/mol. The van der Waals surface area contributed by atoms with E-state index in [4.69, 9.17) is 4.42 Å². The second kappa shape index (κ2) is 6.66. The molecule has 0 aliphatic heterocycles. The number of hydrogen-bond donors (Lipinski definition) is 1. The van der Waals surface area contributed by atoms with E-state index < -0.39 is 0 Å². The van der Waals surface area contributed by atoms with E-state index in [1.165, 1.54) is 0 Å². The second-order valence-electron chi connectivity index (χ2n) is 7.20. The minimum absolute atomic E-state index is 0.0421. The summed E-state index contributed by atoms with van der Waals surface area (Å²) in [5.74, 6) is 1.07. The van der Waals surface area contributed by atoms with Crippen LogP contribution in [0, 0.1) is 12.3 Å². The first-order valence-corrected chi connectivity index (χ1v) is 8.39. The second-order valence-corrected chi connectivity index (χ2v) is 7.20. The van der Waals surface area contributed by atoms with E-state index in [2.05, 4.69) is 20.6 Å². The monoisotopic (exact) mass is 341 g/mol. The zero-order valence-corrected chi connectivity index (χ0v) is 15.0. The number of fused-ring (bicyclic) bond motifs is 1. The highest BCUT2D eigenvalue weighted by Crippen LogP contribution is 2.24. The van der Waals surface area contributed by atoms with E-state index >= 15 is 0 Å². The summed E-state index contributed by atoms with van der Waals surface area (Å²) in [5.41, 5.74) is 2.53. The number of pyridine rings is 1. The molecule has 3 heterocycles. The van der Waals surface area contributed by atoms with Crippen LogP contribution >= 0.6 is 0 Å². The van der Waals surface area contributed by atoms with Crippen molar-refractivity contribution in [3.63, 3.8) is 0 Å². The maximum atomic E-state index is 11.8. The number of nitrogens with zero attached hydrogens (tertiary/aromatic N) is 4. The van der Waals surface area contributed by atoms with Gasteiger partial charge in [-0.1, -0.05) is 20.8 Å². The van der Waals surface area contributed by atoms with Crippen molar-refractivity contribution in [3.05, 3.63) is 36.0 Å². The van der Waals surface area contributed by atoms with E-state index in [0.29, 0.717) is 24.7 Å². The van der Waals surface area contributed by atoms with Crippen LogP contribution in [0.4, 0.5) is 0 Å². The number of aromatic nitrogens is 4. The fourth-order valence-electron chi connectivity index (χ4n) is 2.42. The fraction of sp³-hybridized carbons (Fsp3) is 0.444. The highest BCUT2D eigenvalue weighted by molar-refractivity contribution is 5.81. The van der Waals surface area contributed by atoms with Crippen LogP contribution in [0.2, 0.25) is 0 Å². The zero-order chi connectivity index (χ0) is 18.0. The molecular weight excluding hydrogens is 318 g/mol. The summed E-state index contributed by atoms with van der Waals surface area (Å²) in [6.07, 6.45) is 5.01. The van der Waals surface area contributed by atoms with Crippen molar-refractivity contribution in [3.8, 4) is 11.5 Å². The Bertz CT molecular complexity index is 888. The Balaban J connectivity index is 1.63. The Morgan fingerprint density at radius 3 is 2.88 bits per heavy atom. The van der Waals surface area contributed by atoms with E-state index in [0.717, 1.165) is 23.1 Å². The van der Waals surface area contributed by atoms with E-state index in [-0.39, 0.29) is 11.3 Å². The Labute approximate surface area is 146 Å². The first kappa shape index (κ1) is 17.1. The van der Waals surface area contributed by atoms with Gasteiger partial charge in [0.25, 0.3) is 5.89 Å². The highest BCUT2D eigenvalue weighted by Gasteiger charge is 2.20. The summed E-state index contributed by atoms with van der Waals surface area (Å²) >= 11 is 0. The SMILES string of the molecule is Cc1ccn2ncc(-c3nnc(CCCNC(=O)C(C)(C)C)o3)c2c1. The summed E-state index contributed by atoms with van der Waals surface area (Å²) in [4.78, 5) is 11.8. The minimum atomic E-state index is -0.376. The number of carbonyl (C=O) groups excluding carboxylic acids is 1. The van der Waals surface area contributed by atoms with Crippen molar-refractivity contribution < 1.29 is 9.21 Å². The molecule has 25 heavy (non-hydrogen) atoms. The Morgan fingerprint density at radius 2 is 2.12 bits per heavy atom. The van der Waals surface area contributed by atoms with Crippen LogP contribution < -0.4 is 5.32 Å². The van der Waals surface area contributed by atoms with Gasteiger partial charge in [-0.05, 0) is 31.0 Å².